The highest BCUT2D eigenvalue weighted by Crippen LogP contribution is 2.22. The molecule has 1 amide bonds. The molecule has 0 aliphatic heterocycles. The largest absolute Gasteiger partial charge is 0.401 e. The SMILES string of the molecule is CN(CCCNC(=O)c1ccc(S(=O)(=O)NC2CC2)cc1)CC(F)(F)F. The maximum atomic E-state index is 12.2. The van der Waals surface area contributed by atoms with Gasteiger partial charge in [-0.3, -0.25) is 9.69 Å². The van der Waals surface area contributed by atoms with Gasteiger partial charge < -0.3 is 5.32 Å². The van der Waals surface area contributed by atoms with Gasteiger partial charge in [-0.05, 0) is 57.1 Å². The molecule has 1 aromatic rings. The Balaban J connectivity index is 1.77. The van der Waals surface area contributed by atoms with Gasteiger partial charge in [-0.15, -0.1) is 0 Å². The Hall–Kier alpha value is -1.65. The number of rotatable bonds is 9. The molecule has 0 saturated heterocycles. The Bertz CT molecular complexity index is 716. The molecule has 1 aliphatic rings. The summed E-state index contributed by atoms with van der Waals surface area (Å²) in [6.45, 7) is -0.570. The number of hydrogen-bond donors (Lipinski definition) is 2. The summed E-state index contributed by atoms with van der Waals surface area (Å²) in [6.07, 6.45) is -2.21. The minimum Gasteiger partial charge on any atom is -0.352 e. The van der Waals surface area contributed by atoms with E-state index in [-0.39, 0.29) is 24.0 Å². The number of alkyl halides is 3. The zero-order chi connectivity index (χ0) is 19.4. The summed E-state index contributed by atoms with van der Waals surface area (Å²) in [6, 6.07) is 5.53. The van der Waals surface area contributed by atoms with Gasteiger partial charge in [0.25, 0.3) is 5.91 Å². The normalized spacial score (nSPS) is 15.3. The van der Waals surface area contributed by atoms with E-state index in [2.05, 4.69) is 10.0 Å². The van der Waals surface area contributed by atoms with Gasteiger partial charge in [0.2, 0.25) is 10.0 Å². The first-order valence-electron chi connectivity index (χ1n) is 8.23. The van der Waals surface area contributed by atoms with Gasteiger partial charge in [0.15, 0.2) is 0 Å². The van der Waals surface area contributed by atoms with Crippen LogP contribution in [0.2, 0.25) is 0 Å². The number of hydrogen-bond acceptors (Lipinski definition) is 4. The first-order chi connectivity index (χ1) is 12.1. The monoisotopic (exact) mass is 393 g/mol. The van der Waals surface area contributed by atoms with Crippen molar-refractivity contribution in [2.24, 2.45) is 0 Å². The molecule has 0 radical (unpaired) electrons. The Morgan fingerprint density at radius 2 is 1.85 bits per heavy atom. The number of sulfonamides is 1. The standard InChI is InChI=1S/C16H22F3N3O3S/c1-22(11-16(17,18)19)10-2-9-20-15(23)12-3-7-14(8-4-12)26(24,25)21-13-5-6-13/h3-4,7-8,13,21H,2,5-6,9-11H2,1H3,(H,20,23). The highest BCUT2D eigenvalue weighted by molar-refractivity contribution is 7.89. The number of carbonyl (C=O) groups excluding carboxylic acids is 1. The third-order valence-corrected chi connectivity index (χ3v) is 5.31. The van der Waals surface area contributed by atoms with Crippen molar-refractivity contribution in [2.75, 3.05) is 26.7 Å². The molecule has 6 nitrogen and oxygen atoms in total. The molecular formula is C16H22F3N3O3S. The highest BCUT2D eigenvalue weighted by atomic mass is 32.2. The van der Waals surface area contributed by atoms with Crippen molar-refractivity contribution in [3.63, 3.8) is 0 Å². The molecule has 1 aliphatic carbocycles. The second-order valence-corrected chi connectivity index (χ2v) is 8.10. The summed E-state index contributed by atoms with van der Waals surface area (Å²) < 4.78 is 63.2. The molecule has 146 valence electrons. The number of nitrogens with zero attached hydrogens (tertiary/aromatic N) is 1. The Morgan fingerprint density at radius 1 is 1.23 bits per heavy atom. The Kier molecular flexibility index (Phi) is 6.64. The van der Waals surface area contributed by atoms with Gasteiger partial charge in [0.05, 0.1) is 11.4 Å². The summed E-state index contributed by atoms with van der Waals surface area (Å²) in [4.78, 5) is 13.2. The van der Waals surface area contributed by atoms with E-state index in [1.54, 1.807) is 0 Å². The van der Waals surface area contributed by atoms with Crippen LogP contribution in [0.4, 0.5) is 13.2 Å². The zero-order valence-corrected chi connectivity index (χ0v) is 15.2. The van der Waals surface area contributed by atoms with E-state index in [9.17, 15) is 26.4 Å². The van der Waals surface area contributed by atoms with E-state index in [0.717, 1.165) is 17.7 Å². The maximum absolute atomic E-state index is 12.2. The fraction of sp³-hybridized carbons (Fsp3) is 0.562. The van der Waals surface area contributed by atoms with Crippen molar-refractivity contribution in [3.05, 3.63) is 29.8 Å². The van der Waals surface area contributed by atoms with E-state index in [1.807, 2.05) is 0 Å². The summed E-state index contributed by atoms with van der Waals surface area (Å²) >= 11 is 0. The third kappa shape index (κ3) is 6.93. The summed E-state index contributed by atoms with van der Waals surface area (Å²) in [5, 5.41) is 2.61. The Labute approximate surface area is 150 Å². The van der Waals surface area contributed by atoms with Crippen LogP contribution in [0.3, 0.4) is 0 Å². The zero-order valence-electron chi connectivity index (χ0n) is 14.3. The number of benzene rings is 1. The van der Waals surface area contributed by atoms with Crippen LogP contribution < -0.4 is 10.0 Å². The molecule has 0 spiro atoms. The highest BCUT2D eigenvalue weighted by Gasteiger charge is 2.29. The van der Waals surface area contributed by atoms with Crippen molar-refractivity contribution in [1.29, 1.82) is 0 Å². The van der Waals surface area contributed by atoms with Gasteiger partial charge in [-0.2, -0.15) is 13.2 Å². The first kappa shape index (κ1) is 20.7. The summed E-state index contributed by atoms with van der Waals surface area (Å²) in [5.41, 5.74) is 0.291. The van der Waals surface area contributed by atoms with E-state index < -0.39 is 28.7 Å². The second-order valence-electron chi connectivity index (χ2n) is 6.38. The minimum absolute atomic E-state index is 0.00143. The van der Waals surface area contributed by atoms with Gasteiger partial charge in [-0.25, -0.2) is 13.1 Å². The first-order valence-corrected chi connectivity index (χ1v) is 9.71. The van der Waals surface area contributed by atoms with E-state index >= 15 is 0 Å². The Morgan fingerprint density at radius 3 is 2.38 bits per heavy atom. The van der Waals surface area contributed by atoms with Gasteiger partial charge in [0.1, 0.15) is 0 Å². The molecule has 10 heteroatoms. The van der Waals surface area contributed by atoms with Crippen LogP contribution in [0, 0.1) is 0 Å². The average Bonchev–Trinajstić information content (AvgIpc) is 3.33. The molecule has 1 fully saturated rings. The van der Waals surface area contributed by atoms with E-state index in [4.69, 9.17) is 0 Å². The molecule has 2 rings (SSSR count). The molecule has 0 heterocycles. The fourth-order valence-corrected chi connectivity index (χ4v) is 3.62. The number of carbonyl (C=O) groups is 1. The topological polar surface area (TPSA) is 78.5 Å². The third-order valence-electron chi connectivity index (χ3n) is 3.78. The van der Waals surface area contributed by atoms with Crippen molar-refractivity contribution >= 4 is 15.9 Å². The van der Waals surface area contributed by atoms with Crippen molar-refractivity contribution in [1.82, 2.24) is 14.9 Å². The van der Waals surface area contributed by atoms with Crippen LogP contribution >= 0.6 is 0 Å². The molecule has 0 atom stereocenters. The van der Waals surface area contributed by atoms with Crippen LogP contribution in [-0.4, -0.2) is 58.1 Å². The molecule has 1 aromatic carbocycles. The summed E-state index contributed by atoms with van der Waals surface area (Å²) in [7, 11) is -2.20. The molecule has 2 N–H and O–H groups in total. The number of halogens is 3. The molecule has 1 saturated carbocycles. The molecular weight excluding hydrogens is 371 g/mol. The number of nitrogens with one attached hydrogen (secondary N) is 2. The van der Waals surface area contributed by atoms with Gasteiger partial charge in [-0.1, -0.05) is 0 Å². The summed E-state index contributed by atoms with van der Waals surface area (Å²) in [5.74, 6) is -0.400. The lowest BCUT2D eigenvalue weighted by Crippen LogP contribution is -2.33. The van der Waals surface area contributed by atoms with Gasteiger partial charge >= 0.3 is 6.18 Å². The van der Waals surface area contributed by atoms with Crippen molar-refractivity contribution in [2.45, 2.75) is 36.4 Å². The predicted octanol–water partition coefficient (Wildman–Crippen LogP) is 1.74. The smallest absolute Gasteiger partial charge is 0.352 e. The minimum atomic E-state index is -4.24. The molecule has 26 heavy (non-hydrogen) atoms. The van der Waals surface area contributed by atoms with Crippen molar-refractivity contribution in [3.8, 4) is 0 Å². The molecule has 0 unspecified atom stereocenters. The van der Waals surface area contributed by atoms with Crippen LogP contribution in [-0.2, 0) is 10.0 Å². The van der Waals surface area contributed by atoms with Crippen molar-refractivity contribution < 1.29 is 26.4 Å². The van der Waals surface area contributed by atoms with Crippen LogP contribution in [0.5, 0.6) is 0 Å². The van der Waals surface area contributed by atoms with E-state index in [0.29, 0.717) is 12.0 Å². The van der Waals surface area contributed by atoms with E-state index in [1.165, 1.54) is 31.3 Å². The fourth-order valence-electron chi connectivity index (χ4n) is 2.31. The number of amides is 1. The van der Waals surface area contributed by atoms with Crippen LogP contribution in [0.15, 0.2) is 29.2 Å². The molecule has 0 aromatic heterocycles. The lowest BCUT2D eigenvalue weighted by Gasteiger charge is -2.18. The second kappa shape index (κ2) is 8.36. The molecule has 0 bridgehead atoms. The predicted molar refractivity (Wildman–Crippen MR) is 90.3 cm³/mol. The lowest BCUT2D eigenvalue weighted by molar-refractivity contribution is -0.143. The van der Waals surface area contributed by atoms with Gasteiger partial charge in [0, 0.05) is 18.2 Å². The van der Waals surface area contributed by atoms with Crippen LogP contribution in [0.25, 0.3) is 0 Å². The quantitative estimate of drug-likeness (QED) is 0.627. The lowest BCUT2D eigenvalue weighted by atomic mass is 10.2. The average molecular weight is 393 g/mol. The maximum Gasteiger partial charge on any atom is 0.401 e. The van der Waals surface area contributed by atoms with Crippen LogP contribution in [0.1, 0.15) is 29.6 Å².